The molecule has 0 heterocycles. The highest BCUT2D eigenvalue weighted by Gasteiger charge is 2.16. The van der Waals surface area contributed by atoms with Gasteiger partial charge in [0.15, 0.2) is 6.10 Å². The topological polar surface area (TPSA) is 50.4 Å². The van der Waals surface area contributed by atoms with E-state index in [1.54, 1.807) is 14.0 Å². The van der Waals surface area contributed by atoms with Gasteiger partial charge >= 0.3 is 0 Å². The van der Waals surface area contributed by atoms with Gasteiger partial charge in [0.05, 0.1) is 4.47 Å². The van der Waals surface area contributed by atoms with Gasteiger partial charge in [-0.1, -0.05) is 12.1 Å². The third kappa shape index (κ3) is 3.71. The first-order chi connectivity index (χ1) is 8.10. The van der Waals surface area contributed by atoms with Crippen molar-refractivity contribution < 1.29 is 9.53 Å². The van der Waals surface area contributed by atoms with E-state index < -0.39 is 6.10 Å². The molecule has 1 unspecified atom stereocenters. The van der Waals surface area contributed by atoms with Crippen LogP contribution in [0.25, 0.3) is 0 Å². The highest BCUT2D eigenvalue weighted by molar-refractivity contribution is 9.10. The molecule has 4 nitrogen and oxygen atoms in total. The second-order valence-electron chi connectivity index (χ2n) is 3.63. The van der Waals surface area contributed by atoms with Gasteiger partial charge in [0.2, 0.25) is 0 Å². The first kappa shape index (κ1) is 14.0. The minimum atomic E-state index is -0.519. The summed E-state index contributed by atoms with van der Waals surface area (Å²) < 4.78 is 6.53. The van der Waals surface area contributed by atoms with Gasteiger partial charge in [-0.15, -0.1) is 0 Å². The quantitative estimate of drug-likeness (QED) is 0.870. The maximum atomic E-state index is 11.4. The summed E-state index contributed by atoms with van der Waals surface area (Å²) in [4.78, 5) is 11.4. The first-order valence-electron chi connectivity index (χ1n) is 5.40. The van der Waals surface area contributed by atoms with Crippen LogP contribution in [0.1, 0.15) is 12.5 Å². The number of ether oxygens (including phenoxy) is 1. The van der Waals surface area contributed by atoms with Gasteiger partial charge in [0.25, 0.3) is 5.91 Å². The number of amides is 1. The van der Waals surface area contributed by atoms with Crippen molar-refractivity contribution in [2.75, 3.05) is 14.1 Å². The predicted octanol–water partition coefficient (Wildman–Crippen LogP) is 1.68. The number of para-hydroxylation sites is 1. The van der Waals surface area contributed by atoms with Crippen molar-refractivity contribution in [3.63, 3.8) is 0 Å². The van der Waals surface area contributed by atoms with E-state index in [2.05, 4.69) is 26.6 Å². The molecule has 0 aliphatic heterocycles. The lowest BCUT2D eigenvalue weighted by atomic mass is 10.2. The standard InChI is InChI=1S/C12H17BrN2O2/c1-8(12(16)15-3)17-11-9(7-14-2)5-4-6-10(11)13/h4-6,8,14H,7H2,1-3H3,(H,15,16). The summed E-state index contributed by atoms with van der Waals surface area (Å²) >= 11 is 3.43. The molecule has 0 saturated carbocycles. The Morgan fingerprint density at radius 2 is 2.18 bits per heavy atom. The third-order valence-electron chi connectivity index (χ3n) is 2.33. The van der Waals surface area contributed by atoms with Gasteiger partial charge in [0, 0.05) is 19.2 Å². The Morgan fingerprint density at radius 1 is 1.47 bits per heavy atom. The summed E-state index contributed by atoms with van der Waals surface area (Å²) in [7, 11) is 3.46. The lowest BCUT2D eigenvalue weighted by Gasteiger charge is -2.17. The largest absolute Gasteiger partial charge is 0.479 e. The maximum absolute atomic E-state index is 11.4. The Hall–Kier alpha value is -1.07. The molecular formula is C12H17BrN2O2. The van der Waals surface area contributed by atoms with Crippen LogP contribution in [-0.2, 0) is 11.3 Å². The minimum Gasteiger partial charge on any atom is -0.479 e. The molecule has 1 rings (SSSR count). The van der Waals surface area contributed by atoms with E-state index in [9.17, 15) is 4.79 Å². The molecule has 17 heavy (non-hydrogen) atoms. The fourth-order valence-electron chi connectivity index (χ4n) is 1.45. The molecule has 0 aliphatic rings. The highest BCUT2D eigenvalue weighted by atomic mass is 79.9. The second-order valence-corrected chi connectivity index (χ2v) is 4.49. The van der Waals surface area contributed by atoms with E-state index >= 15 is 0 Å². The van der Waals surface area contributed by atoms with Crippen LogP contribution in [0.5, 0.6) is 5.75 Å². The molecule has 1 amide bonds. The number of carbonyl (C=O) groups is 1. The van der Waals surface area contributed by atoms with Gasteiger partial charge in [0.1, 0.15) is 5.75 Å². The highest BCUT2D eigenvalue weighted by Crippen LogP contribution is 2.29. The van der Waals surface area contributed by atoms with Crippen molar-refractivity contribution in [1.29, 1.82) is 0 Å². The zero-order valence-electron chi connectivity index (χ0n) is 10.2. The van der Waals surface area contributed by atoms with Crippen molar-refractivity contribution in [3.8, 4) is 5.75 Å². The number of likely N-dealkylation sites (N-methyl/N-ethyl adjacent to an activating group) is 1. The van der Waals surface area contributed by atoms with Crippen molar-refractivity contribution in [2.45, 2.75) is 19.6 Å². The summed E-state index contributed by atoms with van der Waals surface area (Å²) in [6.45, 7) is 2.41. The van der Waals surface area contributed by atoms with Crippen LogP contribution in [0.4, 0.5) is 0 Å². The number of nitrogens with one attached hydrogen (secondary N) is 2. The van der Waals surface area contributed by atoms with Crippen molar-refractivity contribution in [1.82, 2.24) is 10.6 Å². The lowest BCUT2D eigenvalue weighted by molar-refractivity contribution is -0.126. The number of halogens is 1. The molecule has 94 valence electrons. The Bertz CT molecular complexity index is 396. The number of hydrogen-bond donors (Lipinski definition) is 2. The molecule has 0 aliphatic carbocycles. The summed E-state index contributed by atoms with van der Waals surface area (Å²) in [5.41, 5.74) is 1.01. The average molecular weight is 301 g/mol. The van der Waals surface area contributed by atoms with E-state index in [0.717, 1.165) is 10.0 Å². The smallest absolute Gasteiger partial charge is 0.260 e. The van der Waals surface area contributed by atoms with E-state index in [1.807, 2.05) is 25.2 Å². The fraction of sp³-hybridized carbons (Fsp3) is 0.417. The van der Waals surface area contributed by atoms with Gasteiger partial charge in [-0.05, 0) is 36.0 Å². The van der Waals surface area contributed by atoms with Gasteiger partial charge in [-0.25, -0.2) is 0 Å². The summed E-state index contributed by atoms with van der Waals surface area (Å²) in [6, 6.07) is 5.80. The molecular weight excluding hydrogens is 284 g/mol. The zero-order valence-corrected chi connectivity index (χ0v) is 11.8. The van der Waals surface area contributed by atoms with Crippen LogP contribution < -0.4 is 15.4 Å². The second kappa shape index (κ2) is 6.61. The summed E-state index contributed by atoms with van der Waals surface area (Å²) in [5.74, 6) is 0.564. The SMILES string of the molecule is CNCc1cccc(Br)c1OC(C)C(=O)NC. The van der Waals surface area contributed by atoms with Crippen molar-refractivity contribution in [2.24, 2.45) is 0 Å². The number of benzene rings is 1. The monoisotopic (exact) mass is 300 g/mol. The molecule has 1 aromatic rings. The first-order valence-corrected chi connectivity index (χ1v) is 6.19. The van der Waals surface area contributed by atoms with Crippen LogP contribution >= 0.6 is 15.9 Å². The number of hydrogen-bond acceptors (Lipinski definition) is 3. The zero-order chi connectivity index (χ0) is 12.8. The number of carbonyl (C=O) groups excluding carboxylic acids is 1. The molecule has 0 radical (unpaired) electrons. The molecule has 0 bridgehead atoms. The third-order valence-corrected chi connectivity index (χ3v) is 2.95. The molecule has 1 aromatic carbocycles. The molecule has 0 spiro atoms. The average Bonchev–Trinajstić information content (AvgIpc) is 2.32. The number of rotatable bonds is 5. The predicted molar refractivity (Wildman–Crippen MR) is 71.1 cm³/mol. The van der Waals surface area contributed by atoms with E-state index in [4.69, 9.17) is 4.74 Å². The maximum Gasteiger partial charge on any atom is 0.260 e. The lowest BCUT2D eigenvalue weighted by Crippen LogP contribution is -2.34. The fourth-order valence-corrected chi connectivity index (χ4v) is 1.95. The van der Waals surface area contributed by atoms with Crippen molar-refractivity contribution in [3.05, 3.63) is 28.2 Å². The molecule has 0 saturated heterocycles. The van der Waals surface area contributed by atoms with E-state index in [-0.39, 0.29) is 5.91 Å². The van der Waals surface area contributed by atoms with Crippen molar-refractivity contribution >= 4 is 21.8 Å². The summed E-state index contributed by atoms with van der Waals surface area (Å²) in [5, 5.41) is 5.63. The Labute approximate surface area is 110 Å². The normalized spacial score (nSPS) is 12.0. The van der Waals surface area contributed by atoms with Crippen LogP contribution in [0, 0.1) is 0 Å². The molecule has 0 fully saturated rings. The molecule has 0 aromatic heterocycles. The summed E-state index contributed by atoms with van der Waals surface area (Å²) in [6.07, 6.45) is -0.519. The minimum absolute atomic E-state index is 0.142. The molecule has 1 atom stereocenters. The van der Waals surface area contributed by atoms with Gasteiger partial charge < -0.3 is 15.4 Å². The van der Waals surface area contributed by atoms with Gasteiger partial charge in [-0.3, -0.25) is 4.79 Å². The molecule has 5 heteroatoms. The Kier molecular flexibility index (Phi) is 5.44. The molecule has 2 N–H and O–H groups in total. The Balaban J connectivity index is 2.92. The van der Waals surface area contributed by atoms with E-state index in [1.165, 1.54) is 0 Å². The van der Waals surface area contributed by atoms with Gasteiger partial charge in [-0.2, -0.15) is 0 Å². The van der Waals surface area contributed by atoms with Crippen LogP contribution in [0.2, 0.25) is 0 Å². The van der Waals surface area contributed by atoms with Crippen LogP contribution in [0.3, 0.4) is 0 Å². The van der Waals surface area contributed by atoms with E-state index in [0.29, 0.717) is 12.3 Å². The van der Waals surface area contributed by atoms with Crippen LogP contribution in [0.15, 0.2) is 22.7 Å². The van der Waals surface area contributed by atoms with Crippen LogP contribution in [-0.4, -0.2) is 26.1 Å². The Morgan fingerprint density at radius 3 is 2.76 bits per heavy atom.